The zero-order valence-corrected chi connectivity index (χ0v) is 18.2. The summed E-state index contributed by atoms with van der Waals surface area (Å²) in [6.07, 6.45) is 3.44. The highest BCUT2D eigenvalue weighted by molar-refractivity contribution is 9.10. The summed E-state index contributed by atoms with van der Waals surface area (Å²) in [6.45, 7) is 3.50. The second-order valence-corrected chi connectivity index (χ2v) is 7.22. The largest absolute Gasteiger partial charge is 0.492 e. The van der Waals surface area contributed by atoms with Gasteiger partial charge in [0.05, 0.1) is 13.2 Å². The van der Waals surface area contributed by atoms with E-state index in [1.165, 1.54) is 0 Å². The van der Waals surface area contributed by atoms with Gasteiger partial charge in [0.1, 0.15) is 19.0 Å². The SMILES string of the molecule is CCOc1cc(C(=O)NCCOc2cccc(Br)c2)ccc1OCc1ccncc1. The Morgan fingerprint density at radius 2 is 1.83 bits per heavy atom. The van der Waals surface area contributed by atoms with E-state index in [2.05, 4.69) is 26.2 Å². The lowest BCUT2D eigenvalue weighted by atomic mass is 10.2. The van der Waals surface area contributed by atoms with Crippen LogP contribution in [-0.4, -0.2) is 30.6 Å². The summed E-state index contributed by atoms with van der Waals surface area (Å²) in [5, 5.41) is 2.85. The molecule has 3 rings (SSSR count). The normalized spacial score (nSPS) is 10.3. The molecule has 0 aliphatic carbocycles. The van der Waals surface area contributed by atoms with Gasteiger partial charge in [0.2, 0.25) is 0 Å². The van der Waals surface area contributed by atoms with Crippen LogP contribution in [-0.2, 0) is 6.61 Å². The van der Waals surface area contributed by atoms with Gasteiger partial charge in [-0.1, -0.05) is 22.0 Å². The molecular formula is C23H23BrN2O4. The molecule has 156 valence electrons. The van der Waals surface area contributed by atoms with Gasteiger partial charge in [-0.15, -0.1) is 0 Å². The molecule has 1 heterocycles. The van der Waals surface area contributed by atoms with E-state index < -0.39 is 0 Å². The standard InChI is InChI=1S/C23H23BrN2O4/c1-2-28-22-14-18(6-7-21(22)30-16-17-8-10-25-11-9-17)23(27)26-12-13-29-20-5-3-4-19(24)15-20/h3-11,14-15H,2,12-13,16H2,1H3,(H,26,27). The van der Waals surface area contributed by atoms with Gasteiger partial charge in [0.25, 0.3) is 5.91 Å². The van der Waals surface area contributed by atoms with E-state index in [1.54, 1.807) is 30.6 Å². The molecule has 1 N–H and O–H groups in total. The third kappa shape index (κ3) is 6.49. The molecule has 2 aromatic carbocycles. The van der Waals surface area contributed by atoms with Crippen molar-refractivity contribution in [2.45, 2.75) is 13.5 Å². The predicted molar refractivity (Wildman–Crippen MR) is 118 cm³/mol. The predicted octanol–water partition coefficient (Wildman–Crippen LogP) is 4.63. The quantitative estimate of drug-likeness (QED) is 0.437. The minimum Gasteiger partial charge on any atom is -0.492 e. The molecule has 0 radical (unpaired) electrons. The average molecular weight is 471 g/mol. The Kier molecular flexibility index (Phi) is 8.09. The van der Waals surface area contributed by atoms with Crippen molar-refractivity contribution in [1.82, 2.24) is 10.3 Å². The molecule has 1 amide bonds. The number of aromatic nitrogens is 1. The molecule has 0 atom stereocenters. The van der Waals surface area contributed by atoms with Crippen molar-refractivity contribution in [3.63, 3.8) is 0 Å². The number of hydrogen-bond donors (Lipinski definition) is 1. The average Bonchev–Trinajstić information content (AvgIpc) is 2.76. The monoisotopic (exact) mass is 470 g/mol. The highest BCUT2D eigenvalue weighted by atomic mass is 79.9. The van der Waals surface area contributed by atoms with Crippen molar-refractivity contribution in [3.8, 4) is 17.2 Å². The molecular weight excluding hydrogens is 448 g/mol. The maximum atomic E-state index is 12.5. The molecule has 0 unspecified atom stereocenters. The fourth-order valence-electron chi connectivity index (χ4n) is 2.67. The molecule has 30 heavy (non-hydrogen) atoms. The highest BCUT2D eigenvalue weighted by Crippen LogP contribution is 2.29. The van der Waals surface area contributed by atoms with Crippen LogP contribution < -0.4 is 19.5 Å². The molecule has 0 saturated heterocycles. The summed E-state index contributed by atoms with van der Waals surface area (Å²) in [7, 11) is 0. The van der Waals surface area contributed by atoms with E-state index in [1.807, 2.05) is 43.3 Å². The number of pyridine rings is 1. The molecule has 0 saturated carbocycles. The smallest absolute Gasteiger partial charge is 0.251 e. The Labute approximate surface area is 184 Å². The number of rotatable bonds is 10. The van der Waals surface area contributed by atoms with Crippen LogP contribution in [0.2, 0.25) is 0 Å². The molecule has 0 aliphatic heterocycles. The number of ether oxygens (including phenoxy) is 3. The molecule has 0 aliphatic rings. The summed E-state index contributed by atoms with van der Waals surface area (Å²) in [6, 6.07) is 16.5. The summed E-state index contributed by atoms with van der Waals surface area (Å²) in [5.74, 6) is 1.66. The topological polar surface area (TPSA) is 69.7 Å². The molecule has 0 bridgehead atoms. The maximum Gasteiger partial charge on any atom is 0.251 e. The van der Waals surface area contributed by atoms with Crippen molar-refractivity contribution >= 4 is 21.8 Å². The number of nitrogens with one attached hydrogen (secondary N) is 1. The molecule has 3 aromatic rings. The van der Waals surface area contributed by atoms with Gasteiger partial charge < -0.3 is 19.5 Å². The van der Waals surface area contributed by atoms with Gasteiger partial charge in [0, 0.05) is 22.4 Å². The summed E-state index contributed by atoms with van der Waals surface area (Å²) in [5.41, 5.74) is 1.50. The van der Waals surface area contributed by atoms with Gasteiger partial charge >= 0.3 is 0 Å². The number of amides is 1. The minimum atomic E-state index is -0.200. The van der Waals surface area contributed by atoms with Gasteiger partial charge in [0.15, 0.2) is 11.5 Å². The fraction of sp³-hybridized carbons (Fsp3) is 0.217. The van der Waals surface area contributed by atoms with Crippen LogP contribution in [0.25, 0.3) is 0 Å². The Hall–Kier alpha value is -3.06. The molecule has 7 heteroatoms. The summed E-state index contributed by atoms with van der Waals surface area (Å²) in [4.78, 5) is 16.5. The van der Waals surface area contributed by atoms with Gasteiger partial charge in [-0.05, 0) is 61.0 Å². The summed E-state index contributed by atoms with van der Waals surface area (Å²) < 4.78 is 18.1. The first-order valence-electron chi connectivity index (χ1n) is 9.61. The Morgan fingerprint density at radius 3 is 2.60 bits per heavy atom. The van der Waals surface area contributed by atoms with Crippen molar-refractivity contribution in [3.05, 3.63) is 82.6 Å². The van der Waals surface area contributed by atoms with Crippen LogP contribution in [0.3, 0.4) is 0 Å². The van der Waals surface area contributed by atoms with E-state index in [9.17, 15) is 4.79 Å². The van der Waals surface area contributed by atoms with Crippen LogP contribution in [0.4, 0.5) is 0 Å². The number of benzene rings is 2. The lowest BCUT2D eigenvalue weighted by Gasteiger charge is -2.14. The minimum absolute atomic E-state index is 0.200. The number of halogens is 1. The zero-order valence-electron chi connectivity index (χ0n) is 16.6. The molecule has 0 spiro atoms. The van der Waals surface area contributed by atoms with E-state index >= 15 is 0 Å². The summed E-state index contributed by atoms with van der Waals surface area (Å²) >= 11 is 3.40. The van der Waals surface area contributed by atoms with Gasteiger partial charge in [-0.3, -0.25) is 9.78 Å². The van der Waals surface area contributed by atoms with Gasteiger partial charge in [-0.25, -0.2) is 0 Å². The van der Waals surface area contributed by atoms with Crippen molar-refractivity contribution in [2.24, 2.45) is 0 Å². The van der Waals surface area contributed by atoms with Crippen LogP contribution >= 0.6 is 15.9 Å². The molecule has 1 aromatic heterocycles. The second-order valence-electron chi connectivity index (χ2n) is 6.30. The molecule has 6 nitrogen and oxygen atoms in total. The number of nitrogens with zero attached hydrogens (tertiary/aromatic N) is 1. The highest BCUT2D eigenvalue weighted by Gasteiger charge is 2.12. The van der Waals surface area contributed by atoms with Crippen LogP contribution in [0.15, 0.2) is 71.5 Å². The third-order valence-corrected chi connectivity index (χ3v) is 4.60. The van der Waals surface area contributed by atoms with E-state index in [0.29, 0.717) is 43.4 Å². The first-order chi connectivity index (χ1) is 14.7. The first kappa shape index (κ1) is 21.6. The zero-order chi connectivity index (χ0) is 21.2. The number of hydrogen-bond acceptors (Lipinski definition) is 5. The van der Waals surface area contributed by atoms with Crippen LogP contribution in [0.5, 0.6) is 17.2 Å². The Balaban J connectivity index is 1.55. The third-order valence-electron chi connectivity index (χ3n) is 4.10. The van der Waals surface area contributed by atoms with E-state index in [-0.39, 0.29) is 5.91 Å². The van der Waals surface area contributed by atoms with Crippen LogP contribution in [0, 0.1) is 0 Å². The Bertz CT molecular complexity index is 966. The fourth-order valence-corrected chi connectivity index (χ4v) is 3.05. The first-order valence-corrected chi connectivity index (χ1v) is 10.4. The molecule has 0 fully saturated rings. The van der Waals surface area contributed by atoms with Crippen LogP contribution in [0.1, 0.15) is 22.8 Å². The van der Waals surface area contributed by atoms with E-state index in [4.69, 9.17) is 14.2 Å². The van der Waals surface area contributed by atoms with Crippen molar-refractivity contribution < 1.29 is 19.0 Å². The number of carbonyl (C=O) groups is 1. The van der Waals surface area contributed by atoms with E-state index in [0.717, 1.165) is 15.8 Å². The lowest BCUT2D eigenvalue weighted by molar-refractivity contribution is 0.0946. The van der Waals surface area contributed by atoms with Gasteiger partial charge in [-0.2, -0.15) is 0 Å². The number of carbonyl (C=O) groups excluding carboxylic acids is 1. The van der Waals surface area contributed by atoms with Crippen molar-refractivity contribution in [1.29, 1.82) is 0 Å². The lowest BCUT2D eigenvalue weighted by Crippen LogP contribution is -2.28. The second kappa shape index (κ2) is 11.2. The Morgan fingerprint density at radius 1 is 1.00 bits per heavy atom. The van der Waals surface area contributed by atoms with Crippen molar-refractivity contribution in [2.75, 3.05) is 19.8 Å². The maximum absolute atomic E-state index is 12.5.